The number of amides is 1. The first kappa shape index (κ1) is 28.0. The molecule has 0 spiro atoms. The summed E-state index contributed by atoms with van der Waals surface area (Å²) in [5.41, 5.74) is 3.40. The molecule has 1 fully saturated rings. The van der Waals surface area contributed by atoms with Gasteiger partial charge in [-0.3, -0.25) is 9.59 Å². The first-order chi connectivity index (χ1) is 19.0. The average Bonchev–Trinajstić information content (AvgIpc) is 3.40. The summed E-state index contributed by atoms with van der Waals surface area (Å²) in [6.45, 7) is 5.22. The number of H-pyrrole nitrogens is 1. The second kappa shape index (κ2) is 13.7. The fourth-order valence-corrected chi connectivity index (χ4v) is 4.89. The number of allylic oxidation sites excluding steroid dienone is 2. The molecule has 1 aromatic heterocycles. The number of nitrogens with zero attached hydrogens (tertiary/aromatic N) is 1. The molecule has 1 aliphatic rings. The zero-order valence-corrected chi connectivity index (χ0v) is 22.9. The van der Waals surface area contributed by atoms with Gasteiger partial charge in [-0.15, -0.1) is 0 Å². The highest BCUT2D eigenvalue weighted by atomic mass is 16.6. The number of methoxy groups -OCH3 is 2. The number of piperidine rings is 1. The van der Waals surface area contributed by atoms with Gasteiger partial charge in [-0.25, -0.2) is 0 Å². The van der Waals surface area contributed by atoms with Crippen LogP contribution >= 0.6 is 0 Å². The number of carbonyl (C=O) groups excluding carboxylic acids is 2. The highest BCUT2D eigenvalue weighted by Crippen LogP contribution is 2.39. The number of aromatic amines is 1. The van der Waals surface area contributed by atoms with Crippen molar-refractivity contribution in [2.45, 2.75) is 32.1 Å². The van der Waals surface area contributed by atoms with Gasteiger partial charge in [0.25, 0.3) is 0 Å². The molecule has 1 aliphatic heterocycles. The van der Waals surface area contributed by atoms with Crippen LogP contribution in [0.1, 0.15) is 43.2 Å². The van der Waals surface area contributed by atoms with E-state index in [0.29, 0.717) is 24.0 Å². The van der Waals surface area contributed by atoms with E-state index in [2.05, 4.69) is 45.7 Å². The third-order valence-corrected chi connectivity index (χ3v) is 7.01. The van der Waals surface area contributed by atoms with Crippen LogP contribution in [0.25, 0.3) is 17.0 Å². The second-order valence-electron chi connectivity index (χ2n) is 9.50. The Hall–Kier alpha value is -4.04. The first-order valence-electron chi connectivity index (χ1n) is 13.4. The van der Waals surface area contributed by atoms with Gasteiger partial charge in [-0.05, 0) is 61.2 Å². The Labute approximate surface area is 229 Å². The lowest BCUT2D eigenvalue weighted by Crippen LogP contribution is -2.38. The van der Waals surface area contributed by atoms with E-state index in [-0.39, 0.29) is 24.0 Å². The van der Waals surface area contributed by atoms with E-state index < -0.39 is 0 Å². The van der Waals surface area contributed by atoms with E-state index in [9.17, 15) is 9.59 Å². The molecule has 2 heterocycles. The van der Waals surface area contributed by atoms with E-state index in [1.165, 1.54) is 36.8 Å². The van der Waals surface area contributed by atoms with Crippen molar-refractivity contribution in [3.8, 4) is 17.2 Å². The van der Waals surface area contributed by atoms with Crippen LogP contribution in [-0.2, 0) is 9.59 Å². The van der Waals surface area contributed by atoms with Crippen LogP contribution in [0, 0.1) is 0 Å². The molecule has 4 rings (SSSR count). The monoisotopic (exact) mass is 531 g/mol. The number of likely N-dealkylation sites (tertiary alicyclic amines) is 1. The molecule has 0 atom stereocenters. The number of para-hydroxylation sites is 1. The van der Waals surface area contributed by atoms with Crippen LogP contribution < -0.4 is 19.5 Å². The summed E-state index contributed by atoms with van der Waals surface area (Å²) in [6, 6.07) is 12.0. The van der Waals surface area contributed by atoms with Crippen LogP contribution in [-0.4, -0.2) is 62.2 Å². The van der Waals surface area contributed by atoms with Crippen LogP contribution in [0.15, 0.2) is 60.8 Å². The van der Waals surface area contributed by atoms with Crippen molar-refractivity contribution >= 4 is 28.9 Å². The molecule has 39 heavy (non-hydrogen) atoms. The summed E-state index contributed by atoms with van der Waals surface area (Å²) in [5, 5.41) is 4.29. The maximum absolute atomic E-state index is 12.3. The molecular weight excluding hydrogens is 494 g/mol. The molecule has 1 amide bonds. The second-order valence-corrected chi connectivity index (χ2v) is 9.50. The number of carbonyl (C=O) groups is 2. The van der Waals surface area contributed by atoms with E-state index in [4.69, 9.17) is 14.2 Å². The summed E-state index contributed by atoms with van der Waals surface area (Å²) in [6.07, 6.45) is 11.4. The van der Waals surface area contributed by atoms with Gasteiger partial charge in [0, 0.05) is 42.7 Å². The van der Waals surface area contributed by atoms with Gasteiger partial charge < -0.3 is 29.4 Å². The molecule has 8 nitrogen and oxygen atoms in total. The van der Waals surface area contributed by atoms with Crippen LogP contribution in [0.4, 0.5) is 0 Å². The number of benzene rings is 2. The quantitative estimate of drug-likeness (QED) is 0.155. The van der Waals surface area contributed by atoms with Crippen molar-refractivity contribution < 1.29 is 23.8 Å². The predicted octanol–water partition coefficient (Wildman–Crippen LogP) is 5.07. The van der Waals surface area contributed by atoms with Crippen molar-refractivity contribution in [1.82, 2.24) is 15.2 Å². The van der Waals surface area contributed by atoms with Gasteiger partial charge in [0.15, 0.2) is 11.5 Å². The lowest BCUT2D eigenvalue weighted by atomic mass is 9.89. The molecule has 0 saturated carbocycles. The number of esters is 1. The molecule has 0 radical (unpaired) electrons. The summed E-state index contributed by atoms with van der Waals surface area (Å²) in [4.78, 5) is 29.8. The highest BCUT2D eigenvalue weighted by Gasteiger charge is 2.22. The molecule has 2 aromatic carbocycles. The van der Waals surface area contributed by atoms with E-state index in [1.54, 1.807) is 31.2 Å². The van der Waals surface area contributed by atoms with Gasteiger partial charge in [0.2, 0.25) is 11.7 Å². The minimum absolute atomic E-state index is 0.134. The Kier molecular flexibility index (Phi) is 9.80. The van der Waals surface area contributed by atoms with Crippen molar-refractivity contribution in [3.63, 3.8) is 0 Å². The highest BCUT2D eigenvalue weighted by molar-refractivity contribution is 5.88. The standard InChI is InChI=1S/C31H37N3O5/c1-4-30(36)39-31-27(37-2)19-22(20-28(31)38-3)9-5-8-12-29(35)32-15-18-34-16-13-23(14-17-34)25-21-33-26-11-7-6-10-24(25)26/h5-12,19-21,23,33H,4,13-18H2,1-3H3,(H,32,35)/b9-5+,12-8+. The largest absolute Gasteiger partial charge is 0.493 e. The number of hydrogen-bond acceptors (Lipinski definition) is 6. The summed E-state index contributed by atoms with van der Waals surface area (Å²) < 4.78 is 16.1. The maximum atomic E-state index is 12.3. The topological polar surface area (TPSA) is 92.9 Å². The molecular formula is C31H37N3O5. The molecule has 3 aromatic rings. The molecule has 2 N–H and O–H groups in total. The Morgan fingerprint density at radius 3 is 2.49 bits per heavy atom. The van der Waals surface area contributed by atoms with Crippen molar-refractivity contribution in [2.24, 2.45) is 0 Å². The zero-order chi connectivity index (χ0) is 27.6. The van der Waals surface area contributed by atoms with Gasteiger partial charge >= 0.3 is 5.97 Å². The zero-order valence-electron chi connectivity index (χ0n) is 22.9. The van der Waals surface area contributed by atoms with Crippen LogP contribution in [0.5, 0.6) is 17.2 Å². The smallest absolute Gasteiger partial charge is 0.311 e. The lowest BCUT2D eigenvalue weighted by molar-refractivity contribution is -0.134. The van der Waals surface area contributed by atoms with Gasteiger partial charge in [0.05, 0.1) is 14.2 Å². The van der Waals surface area contributed by atoms with Crippen LogP contribution in [0.3, 0.4) is 0 Å². The lowest BCUT2D eigenvalue weighted by Gasteiger charge is -2.31. The number of rotatable bonds is 11. The molecule has 206 valence electrons. The normalized spacial score (nSPS) is 14.7. The molecule has 0 aliphatic carbocycles. The number of aromatic nitrogens is 1. The third kappa shape index (κ3) is 7.29. The van der Waals surface area contributed by atoms with Crippen molar-refractivity contribution in [2.75, 3.05) is 40.4 Å². The molecule has 1 saturated heterocycles. The minimum atomic E-state index is -0.376. The fourth-order valence-electron chi connectivity index (χ4n) is 4.89. The van der Waals surface area contributed by atoms with E-state index in [1.807, 2.05) is 6.08 Å². The molecule has 8 heteroatoms. The average molecular weight is 532 g/mol. The Morgan fingerprint density at radius 1 is 1.08 bits per heavy atom. The molecule has 0 bridgehead atoms. The summed E-state index contributed by atoms with van der Waals surface area (Å²) >= 11 is 0. The van der Waals surface area contributed by atoms with Crippen LogP contribution in [0.2, 0.25) is 0 Å². The first-order valence-corrected chi connectivity index (χ1v) is 13.4. The third-order valence-electron chi connectivity index (χ3n) is 7.01. The van der Waals surface area contributed by atoms with Crippen molar-refractivity contribution in [1.29, 1.82) is 0 Å². The predicted molar refractivity (Wildman–Crippen MR) is 153 cm³/mol. The number of fused-ring (bicyclic) bond motifs is 1. The summed E-state index contributed by atoms with van der Waals surface area (Å²) in [7, 11) is 3.00. The number of hydrogen-bond donors (Lipinski definition) is 2. The van der Waals surface area contributed by atoms with Gasteiger partial charge in [-0.1, -0.05) is 43.4 Å². The van der Waals surface area contributed by atoms with Gasteiger partial charge in [-0.2, -0.15) is 0 Å². The Bertz CT molecular complexity index is 1310. The fraction of sp³-hybridized carbons (Fsp3) is 0.355. The van der Waals surface area contributed by atoms with Gasteiger partial charge in [0.1, 0.15) is 0 Å². The summed E-state index contributed by atoms with van der Waals surface area (Å²) in [5.74, 6) is 1.10. The van der Waals surface area contributed by atoms with E-state index >= 15 is 0 Å². The van der Waals surface area contributed by atoms with Crippen molar-refractivity contribution in [3.05, 3.63) is 72.0 Å². The Morgan fingerprint density at radius 2 is 1.79 bits per heavy atom. The number of nitrogens with one attached hydrogen (secondary N) is 2. The minimum Gasteiger partial charge on any atom is -0.493 e. The SMILES string of the molecule is CCC(=O)Oc1c(OC)cc(/C=C/C=C/C(=O)NCCN2CCC(c3c[nH]c4ccccc34)CC2)cc1OC. The number of ether oxygens (including phenoxy) is 3. The maximum Gasteiger partial charge on any atom is 0.311 e. The Balaban J connectivity index is 1.21. The molecule has 0 unspecified atom stereocenters. The van der Waals surface area contributed by atoms with E-state index in [0.717, 1.165) is 38.0 Å².